The maximum Gasteiger partial charge on any atom is 0.120 e. The molecule has 0 heterocycles. The van der Waals surface area contributed by atoms with Gasteiger partial charge >= 0.3 is 0 Å². The third-order valence-corrected chi connectivity index (χ3v) is 3.32. The van der Waals surface area contributed by atoms with Crippen molar-refractivity contribution in [2.24, 2.45) is 0 Å². The first kappa shape index (κ1) is 14.9. The fourth-order valence-corrected chi connectivity index (χ4v) is 2.04. The van der Waals surface area contributed by atoms with Gasteiger partial charge in [-0.3, -0.25) is 0 Å². The zero-order chi connectivity index (χ0) is 12.9. The van der Waals surface area contributed by atoms with Gasteiger partial charge in [0.1, 0.15) is 12.4 Å². The average molecular weight is 290 g/mol. The van der Waals surface area contributed by atoms with Gasteiger partial charge in [-0.25, -0.2) is 0 Å². The Bertz CT molecular complexity index is 526. The van der Waals surface area contributed by atoms with Crippen LogP contribution in [0.5, 0.6) is 5.75 Å². The van der Waals surface area contributed by atoms with E-state index in [2.05, 4.69) is 35.6 Å². The first-order valence-electron chi connectivity index (χ1n) is 6.89. The first-order chi connectivity index (χ1) is 9.40. The van der Waals surface area contributed by atoms with Crippen LogP contribution in [0, 0.1) is 0 Å². The molecule has 0 atom stereocenters. The van der Waals surface area contributed by atoms with Crippen LogP contribution in [0.1, 0.15) is 24.0 Å². The van der Waals surface area contributed by atoms with E-state index in [9.17, 15) is 0 Å². The molecule has 2 aromatic carbocycles. The molecule has 0 bridgehead atoms. The second-order valence-electron chi connectivity index (χ2n) is 5.08. The van der Waals surface area contributed by atoms with Crippen molar-refractivity contribution in [1.82, 2.24) is 5.32 Å². The van der Waals surface area contributed by atoms with Crippen LogP contribution in [0.2, 0.25) is 0 Å². The van der Waals surface area contributed by atoms with Crippen LogP contribution in [0.4, 0.5) is 0 Å². The molecule has 106 valence electrons. The normalized spacial score (nSPS) is 13.6. The minimum Gasteiger partial charge on any atom is -0.489 e. The predicted octanol–water partition coefficient (Wildman–Crippen LogP) is 3.94. The molecule has 2 aromatic rings. The summed E-state index contributed by atoms with van der Waals surface area (Å²) in [5, 5.41) is 3.52. The highest BCUT2D eigenvalue weighted by Gasteiger charge is 2.19. The van der Waals surface area contributed by atoms with Crippen LogP contribution in [-0.4, -0.2) is 6.04 Å². The lowest BCUT2D eigenvalue weighted by molar-refractivity contribution is 0.306. The van der Waals surface area contributed by atoms with E-state index in [0.29, 0.717) is 6.61 Å². The summed E-state index contributed by atoms with van der Waals surface area (Å²) in [6.45, 7) is 1.56. The Morgan fingerprint density at radius 2 is 1.70 bits per heavy atom. The number of nitrogens with one attached hydrogen (secondary N) is 1. The van der Waals surface area contributed by atoms with Crippen LogP contribution >= 0.6 is 12.4 Å². The van der Waals surface area contributed by atoms with Crippen LogP contribution < -0.4 is 10.1 Å². The Hall–Kier alpha value is -1.51. The van der Waals surface area contributed by atoms with Crippen LogP contribution in [0.15, 0.2) is 54.6 Å². The minimum absolute atomic E-state index is 0. The van der Waals surface area contributed by atoms with Gasteiger partial charge in [0.15, 0.2) is 0 Å². The highest BCUT2D eigenvalue weighted by Crippen LogP contribution is 2.20. The lowest BCUT2D eigenvalue weighted by Crippen LogP contribution is -2.15. The van der Waals surface area contributed by atoms with Crippen LogP contribution in [0.25, 0.3) is 0 Å². The molecule has 3 rings (SSSR count). The SMILES string of the molecule is Cl.c1ccc(COc2cccc(CNC3CC3)c2)cc1. The van der Waals surface area contributed by atoms with Gasteiger partial charge in [-0.1, -0.05) is 42.5 Å². The lowest BCUT2D eigenvalue weighted by atomic mass is 10.2. The zero-order valence-electron chi connectivity index (χ0n) is 11.4. The van der Waals surface area contributed by atoms with Crippen molar-refractivity contribution < 1.29 is 4.74 Å². The molecule has 0 radical (unpaired) electrons. The van der Waals surface area contributed by atoms with Crippen LogP contribution in [0.3, 0.4) is 0 Å². The van der Waals surface area contributed by atoms with Crippen LogP contribution in [-0.2, 0) is 13.2 Å². The van der Waals surface area contributed by atoms with E-state index in [1.165, 1.54) is 24.0 Å². The van der Waals surface area contributed by atoms with Crippen molar-refractivity contribution in [1.29, 1.82) is 0 Å². The summed E-state index contributed by atoms with van der Waals surface area (Å²) in [6, 6.07) is 19.3. The molecule has 1 N–H and O–H groups in total. The number of halogens is 1. The minimum atomic E-state index is 0. The molecule has 0 unspecified atom stereocenters. The summed E-state index contributed by atoms with van der Waals surface area (Å²) in [4.78, 5) is 0. The summed E-state index contributed by atoms with van der Waals surface area (Å²) >= 11 is 0. The number of rotatable bonds is 6. The summed E-state index contributed by atoms with van der Waals surface area (Å²) in [5.74, 6) is 0.943. The van der Waals surface area contributed by atoms with Crippen molar-refractivity contribution in [3.63, 3.8) is 0 Å². The summed E-state index contributed by atoms with van der Waals surface area (Å²) < 4.78 is 5.83. The standard InChI is InChI=1S/C17H19NO.ClH/c1-2-5-14(6-3-1)13-19-17-8-4-7-15(11-17)12-18-16-9-10-16;/h1-8,11,16,18H,9-10,12-13H2;1H. The average Bonchev–Trinajstić information content (AvgIpc) is 3.29. The summed E-state index contributed by atoms with van der Waals surface area (Å²) in [7, 11) is 0. The zero-order valence-corrected chi connectivity index (χ0v) is 12.2. The Labute approximate surface area is 126 Å². The van der Waals surface area contributed by atoms with E-state index in [-0.39, 0.29) is 12.4 Å². The molecule has 0 amide bonds. The first-order valence-corrected chi connectivity index (χ1v) is 6.89. The topological polar surface area (TPSA) is 21.3 Å². The van der Waals surface area contributed by atoms with Gasteiger partial charge in [0.05, 0.1) is 0 Å². The molecule has 2 nitrogen and oxygen atoms in total. The van der Waals surface area contributed by atoms with Crippen molar-refractivity contribution in [3.8, 4) is 5.75 Å². The maximum atomic E-state index is 5.83. The van der Waals surface area contributed by atoms with Gasteiger partial charge in [0, 0.05) is 12.6 Å². The Balaban J connectivity index is 0.00000147. The molecule has 0 aromatic heterocycles. The molecule has 0 aliphatic heterocycles. The third kappa shape index (κ3) is 4.55. The highest BCUT2D eigenvalue weighted by molar-refractivity contribution is 5.85. The van der Waals surface area contributed by atoms with E-state index in [0.717, 1.165) is 18.3 Å². The number of ether oxygens (including phenoxy) is 1. The summed E-state index contributed by atoms with van der Waals surface area (Å²) in [6.07, 6.45) is 2.65. The van der Waals surface area contributed by atoms with E-state index in [4.69, 9.17) is 4.74 Å². The fourth-order valence-electron chi connectivity index (χ4n) is 2.04. The van der Waals surface area contributed by atoms with Gasteiger partial charge in [0.25, 0.3) is 0 Å². The van der Waals surface area contributed by atoms with Crippen molar-refractivity contribution in [2.45, 2.75) is 32.0 Å². The van der Waals surface area contributed by atoms with Gasteiger partial charge < -0.3 is 10.1 Å². The molecule has 1 aliphatic rings. The molecule has 1 aliphatic carbocycles. The lowest BCUT2D eigenvalue weighted by Gasteiger charge is -2.08. The number of benzene rings is 2. The van der Waals surface area contributed by atoms with E-state index < -0.39 is 0 Å². The van der Waals surface area contributed by atoms with E-state index in [1.54, 1.807) is 0 Å². The predicted molar refractivity (Wildman–Crippen MR) is 84.3 cm³/mol. The third-order valence-electron chi connectivity index (χ3n) is 3.32. The van der Waals surface area contributed by atoms with Gasteiger partial charge in [-0.2, -0.15) is 0 Å². The highest BCUT2D eigenvalue weighted by atomic mass is 35.5. The quantitative estimate of drug-likeness (QED) is 0.870. The maximum absolute atomic E-state index is 5.83. The molecule has 0 saturated heterocycles. The van der Waals surface area contributed by atoms with Crippen molar-refractivity contribution >= 4 is 12.4 Å². The Morgan fingerprint density at radius 3 is 2.45 bits per heavy atom. The second-order valence-corrected chi connectivity index (χ2v) is 5.08. The molecule has 20 heavy (non-hydrogen) atoms. The van der Waals surface area contributed by atoms with Crippen molar-refractivity contribution in [2.75, 3.05) is 0 Å². The van der Waals surface area contributed by atoms with Crippen molar-refractivity contribution in [3.05, 3.63) is 65.7 Å². The number of hydrogen-bond donors (Lipinski definition) is 1. The molecule has 3 heteroatoms. The monoisotopic (exact) mass is 289 g/mol. The second kappa shape index (κ2) is 7.32. The number of hydrogen-bond acceptors (Lipinski definition) is 2. The molecule has 0 spiro atoms. The smallest absolute Gasteiger partial charge is 0.120 e. The van der Waals surface area contributed by atoms with E-state index in [1.807, 2.05) is 24.3 Å². The molecule has 1 saturated carbocycles. The fraction of sp³-hybridized carbons (Fsp3) is 0.294. The molecule has 1 fully saturated rings. The molecular formula is C17H20ClNO. The largest absolute Gasteiger partial charge is 0.489 e. The summed E-state index contributed by atoms with van der Waals surface area (Å²) in [5.41, 5.74) is 2.49. The molecular weight excluding hydrogens is 270 g/mol. The van der Waals surface area contributed by atoms with Gasteiger partial charge in [-0.05, 0) is 36.1 Å². The Morgan fingerprint density at radius 1 is 0.950 bits per heavy atom. The van der Waals surface area contributed by atoms with Gasteiger partial charge in [-0.15, -0.1) is 12.4 Å². The van der Waals surface area contributed by atoms with E-state index >= 15 is 0 Å². The Kier molecular flexibility index (Phi) is 5.45. The van der Waals surface area contributed by atoms with Gasteiger partial charge in [0.2, 0.25) is 0 Å².